The highest BCUT2D eigenvalue weighted by molar-refractivity contribution is 9.10. The first kappa shape index (κ1) is 11.9. The van der Waals surface area contributed by atoms with E-state index in [0.29, 0.717) is 0 Å². The Morgan fingerprint density at radius 2 is 2.06 bits per heavy atom. The van der Waals surface area contributed by atoms with Gasteiger partial charge >= 0.3 is 0 Å². The van der Waals surface area contributed by atoms with Crippen molar-refractivity contribution in [3.05, 3.63) is 22.8 Å². The van der Waals surface area contributed by atoms with E-state index in [1.807, 2.05) is 18.2 Å². The van der Waals surface area contributed by atoms with E-state index in [0.717, 1.165) is 23.5 Å². The molecule has 3 nitrogen and oxygen atoms in total. The molecule has 4 heteroatoms. The Morgan fingerprint density at radius 1 is 1.25 bits per heavy atom. The smallest absolute Gasteiger partial charge is 0.127 e. The number of pyridine rings is 1. The van der Waals surface area contributed by atoms with Crippen LogP contribution >= 0.6 is 15.9 Å². The fraction of sp³-hybridized carbons (Fsp3) is 0.583. The highest BCUT2D eigenvalue weighted by atomic mass is 79.9. The van der Waals surface area contributed by atoms with Gasteiger partial charge in [-0.15, -0.1) is 0 Å². The molecule has 1 aliphatic heterocycles. The van der Waals surface area contributed by atoms with E-state index in [2.05, 4.69) is 31.1 Å². The molecule has 16 heavy (non-hydrogen) atoms. The van der Waals surface area contributed by atoms with E-state index >= 15 is 0 Å². The number of rotatable bonds is 4. The SMILES string of the molecule is Brc1cccc(NCCN2CCCCC2)n1. The average Bonchev–Trinajstić information content (AvgIpc) is 2.30. The minimum absolute atomic E-state index is 0.885. The topological polar surface area (TPSA) is 28.2 Å². The fourth-order valence-electron chi connectivity index (χ4n) is 2.03. The van der Waals surface area contributed by atoms with E-state index in [1.165, 1.54) is 32.4 Å². The van der Waals surface area contributed by atoms with E-state index in [-0.39, 0.29) is 0 Å². The number of hydrogen-bond donors (Lipinski definition) is 1. The second-order valence-corrected chi connectivity index (χ2v) is 4.99. The van der Waals surface area contributed by atoms with Gasteiger partial charge in [0.15, 0.2) is 0 Å². The van der Waals surface area contributed by atoms with Gasteiger partial charge in [-0.05, 0) is 54.0 Å². The summed E-state index contributed by atoms with van der Waals surface area (Å²) in [7, 11) is 0. The maximum absolute atomic E-state index is 4.34. The minimum atomic E-state index is 0.885. The van der Waals surface area contributed by atoms with Crippen molar-refractivity contribution in [2.75, 3.05) is 31.5 Å². The second-order valence-electron chi connectivity index (χ2n) is 4.17. The zero-order chi connectivity index (χ0) is 11.2. The molecule has 1 N–H and O–H groups in total. The molecular formula is C12H18BrN3. The van der Waals surface area contributed by atoms with Crippen LogP contribution in [-0.2, 0) is 0 Å². The summed E-state index contributed by atoms with van der Waals surface area (Å²) in [6.45, 7) is 4.61. The molecular weight excluding hydrogens is 266 g/mol. The Bertz CT molecular complexity index is 324. The number of aromatic nitrogens is 1. The lowest BCUT2D eigenvalue weighted by Crippen LogP contribution is -2.33. The number of piperidine rings is 1. The molecule has 0 radical (unpaired) electrons. The zero-order valence-corrected chi connectivity index (χ0v) is 11.0. The van der Waals surface area contributed by atoms with Gasteiger partial charge in [0.1, 0.15) is 10.4 Å². The first-order valence-corrected chi connectivity index (χ1v) is 6.73. The van der Waals surface area contributed by atoms with Crippen molar-refractivity contribution in [1.82, 2.24) is 9.88 Å². The maximum atomic E-state index is 4.34. The molecule has 0 aliphatic carbocycles. The zero-order valence-electron chi connectivity index (χ0n) is 9.45. The first-order valence-electron chi connectivity index (χ1n) is 5.93. The Hall–Kier alpha value is -0.610. The van der Waals surface area contributed by atoms with Gasteiger partial charge in [-0.25, -0.2) is 4.98 Å². The maximum Gasteiger partial charge on any atom is 0.127 e. The van der Waals surface area contributed by atoms with Crippen LogP contribution in [0, 0.1) is 0 Å². The van der Waals surface area contributed by atoms with Crippen molar-refractivity contribution in [2.24, 2.45) is 0 Å². The van der Waals surface area contributed by atoms with Crippen molar-refractivity contribution in [1.29, 1.82) is 0 Å². The van der Waals surface area contributed by atoms with E-state index in [9.17, 15) is 0 Å². The Labute approximate surface area is 105 Å². The number of nitrogens with one attached hydrogen (secondary N) is 1. The molecule has 0 unspecified atom stereocenters. The fourth-order valence-corrected chi connectivity index (χ4v) is 2.38. The van der Waals surface area contributed by atoms with Gasteiger partial charge in [-0.3, -0.25) is 0 Å². The molecule has 1 aliphatic rings. The lowest BCUT2D eigenvalue weighted by Gasteiger charge is -2.26. The summed E-state index contributed by atoms with van der Waals surface area (Å²) in [5.41, 5.74) is 0. The first-order chi connectivity index (χ1) is 7.84. The van der Waals surface area contributed by atoms with Gasteiger partial charge < -0.3 is 10.2 Å². The summed E-state index contributed by atoms with van der Waals surface area (Å²) >= 11 is 3.37. The lowest BCUT2D eigenvalue weighted by molar-refractivity contribution is 0.237. The molecule has 0 atom stereocenters. The Kier molecular flexibility index (Phi) is 4.60. The van der Waals surface area contributed by atoms with Crippen LogP contribution < -0.4 is 5.32 Å². The third-order valence-electron chi connectivity index (χ3n) is 2.90. The van der Waals surface area contributed by atoms with Gasteiger partial charge in [-0.1, -0.05) is 12.5 Å². The summed E-state index contributed by atoms with van der Waals surface area (Å²) in [6, 6.07) is 5.94. The van der Waals surface area contributed by atoms with Crippen molar-refractivity contribution in [3.8, 4) is 0 Å². The molecule has 0 bridgehead atoms. The van der Waals surface area contributed by atoms with Crippen LogP contribution in [0.4, 0.5) is 5.82 Å². The quantitative estimate of drug-likeness (QED) is 0.862. The van der Waals surface area contributed by atoms with E-state index in [1.54, 1.807) is 0 Å². The minimum Gasteiger partial charge on any atom is -0.369 e. The predicted octanol–water partition coefficient (Wildman–Crippen LogP) is 2.74. The molecule has 1 fully saturated rings. The highest BCUT2D eigenvalue weighted by Gasteiger charge is 2.08. The molecule has 0 aromatic carbocycles. The Morgan fingerprint density at radius 3 is 2.81 bits per heavy atom. The van der Waals surface area contributed by atoms with E-state index in [4.69, 9.17) is 0 Å². The normalized spacial score (nSPS) is 17.3. The lowest BCUT2D eigenvalue weighted by atomic mass is 10.1. The average molecular weight is 284 g/mol. The van der Waals surface area contributed by atoms with Crippen LogP contribution in [0.2, 0.25) is 0 Å². The van der Waals surface area contributed by atoms with Gasteiger partial charge in [0.25, 0.3) is 0 Å². The van der Waals surface area contributed by atoms with Gasteiger partial charge in [-0.2, -0.15) is 0 Å². The molecule has 0 spiro atoms. The monoisotopic (exact) mass is 283 g/mol. The largest absolute Gasteiger partial charge is 0.369 e. The third-order valence-corrected chi connectivity index (χ3v) is 3.34. The summed E-state index contributed by atoms with van der Waals surface area (Å²) in [5.74, 6) is 0.950. The van der Waals surface area contributed by atoms with Crippen LogP contribution in [0.3, 0.4) is 0 Å². The second kappa shape index (κ2) is 6.21. The van der Waals surface area contributed by atoms with E-state index < -0.39 is 0 Å². The summed E-state index contributed by atoms with van der Waals surface area (Å²) in [4.78, 5) is 6.87. The highest BCUT2D eigenvalue weighted by Crippen LogP contribution is 2.10. The molecule has 0 saturated carbocycles. The number of nitrogens with zero attached hydrogens (tertiary/aromatic N) is 2. The molecule has 2 heterocycles. The summed E-state index contributed by atoms with van der Waals surface area (Å²) < 4.78 is 0.885. The number of halogens is 1. The molecule has 88 valence electrons. The number of likely N-dealkylation sites (tertiary alicyclic amines) is 1. The van der Waals surface area contributed by atoms with Crippen molar-refractivity contribution >= 4 is 21.7 Å². The van der Waals surface area contributed by atoms with Crippen molar-refractivity contribution in [2.45, 2.75) is 19.3 Å². The van der Waals surface area contributed by atoms with Crippen LogP contribution in [0.15, 0.2) is 22.8 Å². The Balaban J connectivity index is 1.71. The molecule has 1 aromatic heterocycles. The van der Waals surface area contributed by atoms with Gasteiger partial charge in [0, 0.05) is 13.1 Å². The number of anilines is 1. The summed E-state index contributed by atoms with van der Waals surface area (Å²) in [6.07, 6.45) is 4.11. The van der Waals surface area contributed by atoms with Crippen molar-refractivity contribution in [3.63, 3.8) is 0 Å². The van der Waals surface area contributed by atoms with Crippen molar-refractivity contribution < 1.29 is 0 Å². The van der Waals surface area contributed by atoms with Crippen LogP contribution in [0.5, 0.6) is 0 Å². The van der Waals surface area contributed by atoms with Crippen LogP contribution in [0.1, 0.15) is 19.3 Å². The third kappa shape index (κ3) is 3.76. The molecule has 0 amide bonds. The van der Waals surface area contributed by atoms with Gasteiger partial charge in [0.05, 0.1) is 0 Å². The molecule has 1 aromatic rings. The van der Waals surface area contributed by atoms with Crippen LogP contribution in [0.25, 0.3) is 0 Å². The summed E-state index contributed by atoms with van der Waals surface area (Å²) in [5, 5.41) is 3.35. The predicted molar refractivity (Wildman–Crippen MR) is 70.7 cm³/mol. The van der Waals surface area contributed by atoms with Gasteiger partial charge in [0.2, 0.25) is 0 Å². The van der Waals surface area contributed by atoms with Crippen LogP contribution in [-0.4, -0.2) is 36.1 Å². The standard InChI is InChI=1S/C12H18BrN3/c13-11-5-4-6-12(15-11)14-7-10-16-8-2-1-3-9-16/h4-6H,1-3,7-10H2,(H,14,15). The molecule has 1 saturated heterocycles. The molecule has 2 rings (SSSR count). The number of hydrogen-bond acceptors (Lipinski definition) is 3.